The predicted octanol–water partition coefficient (Wildman–Crippen LogP) is 6.13. The van der Waals surface area contributed by atoms with Crippen molar-refractivity contribution in [3.05, 3.63) is 54.6 Å². The fourth-order valence-electron chi connectivity index (χ4n) is 5.32. The van der Waals surface area contributed by atoms with Crippen LogP contribution >= 0.6 is 0 Å². The number of piperidine rings is 1. The van der Waals surface area contributed by atoms with Crippen LogP contribution in [0.4, 0.5) is 5.82 Å². The molecule has 5 rings (SSSR count). The Balaban J connectivity index is 1.39. The maximum Gasteiger partial charge on any atom is 0.130 e. The molecule has 0 bridgehead atoms. The smallest absolute Gasteiger partial charge is 0.130 e. The largest absolute Gasteiger partial charge is 0.344 e. The van der Waals surface area contributed by atoms with Gasteiger partial charge in [-0.05, 0) is 67.8 Å². The normalized spacial score (nSPS) is 18.2. The summed E-state index contributed by atoms with van der Waals surface area (Å²) in [4.78, 5) is 7.21. The number of aromatic nitrogens is 3. The zero-order valence-corrected chi connectivity index (χ0v) is 19.3. The average molecular weight is 430 g/mol. The maximum atomic E-state index is 4.65. The van der Waals surface area contributed by atoms with Crippen LogP contribution < -0.4 is 5.32 Å². The van der Waals surface area contributed by atoms with Crippen molar-refractivity contribution in [2.75, 3.05) is 18.4 Å². The fourth-order valence-corrected chi connectivity index (χ4v) is 5.32. The first-order valence-corrected chi connectivity index (χ1v) is 12.3. The van der Waals surface area contributed by atoms with Gasteiger partial charge in [-0.25, -0.2) is 4.98 Å². The maximum absolute atomic E-state index is 4.65. The Kier molecular flexibility index (Phi) is 6.26. The molecule has 32 heavy (non-hydrogen) atoms. The molecule has 3 heterocycles. The predicted molar refractivity (Wildman–Crippen MR) is 132 cm³/mol. The van der Waals surface area contributed by atoms with E-state index < -0.39 is 0 Å². The number of nitrogens with zero attached hydrogens (tertiary/aromatic N) is 4. The zero-order valence-electron chi connectivity index (χ0n) is 19.3. The van der Waals surface area contributed by atoms with E-state index in [1.165, 1.54) is 86.7 Å². The van der Waals surface area contributed by atoms with Crippen molar-refractivity contribution in [1.29, 1.82) is 0 Å². The van der Waals surface area contributed by atoms with Crippen molar-refractivity contribution in [2.45, 2.75) is 57.9 Å². The minimum Gasteiger partial charge on any atom is -0.344 e. The molecule has 2 fully saturated rings. The first-order chi connectivity index (χ1) is 15.7. The van der Waals surface area contributed by atoms with Gasteiger partial charge in [0.2, 0.25) is 0 Å². The number of hydrogen-bond acceptors (Lipinski definition) is 4. The van der Waals surface area contributed by atoms with Crippen LogP contribution in [-0.2, 0) is 13.6 Å². The van der Waals surface area contributed by atoms with Gasteiger partial charge in [-0.1, -0.05) is 44.4 Å². The number of nitrogens with one attached hydrogen (secondary N) is 1. The Morgan fingerprint density at radius 3 is 2.59 bits per heavy atom. The molecule has 168 valence electrons. The Labute approximate surface area is 191 Å². The van der Waals surface area contributed by atoms with Crippen molar-refractivity contribution in [1.82, 2.24) is 19.7 Å². The molecule has 2 aliphatic rings. The number of pyridine rings is 1. The lowest BCUT2D eigenvalue weighted by Gasteiger charge is -2.26. The number of fused-ring (bicyclic) bond motifs is 1. The molecule has 0 unspecified atom stereocenters. The van der Waals surface area contributed by atoms with Gasteiger partial charge in [-0.15, -0.1) is 0 Å². The molecular weight excluding hydrogens is 394 g/mol. The molecule has 1 aliphatic heterocycles. The second kappa shape index (κ2) is 9.45. The summed E-state index contributed by atoms with van der Waals surface area (Å²) in [6.45, 7) is 7.67. The second-order valence-corrected chi connectivity index (χ2v) is 9.58. The molecule has 2 aromatic heterocycles. The molecule has 0 atom stereocenters. The lowest BCUT2D eigenvalue weighted by Crippen LogP contribution is -2.30. The number of hydrogen-bond donors (Lipinski definition) is 1. The fraction of sp³-hybridized carbons (Fsp3) is 0.481. The standard InChI is InChI=1S/C27H35N5/c1-20(21-9-5-3-6-10-21)30-27-16-24-15-22(11-12-23(24)17-28-27)25-18-29-31(2)26(25)19-32-13-7-4-8-14-32/h11-12,15-18,21H,1,3-10,13-14,19H2,2H3,(H,28,30). The van der Waals surface area contributed by atoms with E-state index in [1.807, 2.05) is 17.1 Å². The van der Waals surface area contributed by atoms with Crippen molar-refractivity contribution in [2.24, 2.45) is 13.0 Å². The van der Waals surface area contributed by atoms with Gasteiger partial charge >= 0.3 is 0 Å². The Bertz CT molecular complexity index is 1090. The minimum atomic E-state index is 0.570. The molecule has 1 saturated heterocycles. The Hall–Kier alpha value is -2.66. The Morgan fingerprint density at radius 2 is 1.78 bits per heavy atom. The van der Waals surface area contributed by atoms with Gasteiger partial charge in [0.25, 0.3) is 0 Å². The van der Waals surface area contributed by atoms with Gasteiger partial charge in [0.05, 0.1) is 11.9 Å². The highest BCUT2D eigenvalue weighted by Gasteiger charge is 2.18. The highest BCUT2D eigenvalue weighted by molar-refractivity contribution is 5.88. The van der Waals surface area contributed by atoms with Crippen molar-refractivity contribution < 1.29 is 0 Å². The Morgan fingerprint density at radius 1 is 1.00 bits per heavy atom. The minimum absolute atomic E-state index is 0.570. The quantitative estimate of drug-likeness (QED) is 0.512. The first kappa shape index (κ1) is 21.2. The molecular formula is C27H35N5. The van der Waals surface area contributed by atoms with E-state index in [4.69, 9.17) is 0 Å². The van der Waals surface area contributed by atoms with E-state index in [2.05, 4.69) is 58.2 Å². The molecule has 5 nitrogen and oxygen atoms in total. The SMILES string of the molecule is C=C(Nc1cc2cc(-c3cnn(C)c3CN3CCCCC3)ccc2cn1)C1CCCCC1. The van der Waals surface area contributed by atoms with Crippen molar-refractivity contribution >= 4 is 16.6 Å². The molecule has 0 radical (unpaired) electrons. The van der Waals surface area contributed by atoms with Gasteiger partial charge in [-0.3, -0.25) is 9.58 Å². The molecule has 0 spiro atoms. The van der Waals surface area contributed by atoms with Crippen LogP contribution in [0.2, 0.25) is 0 Å². The molecule has 1 N–H and O–H groups in total. The molecule has 3 aromatic rings. The van der Waals surface area contributed by atoms with Crippen LogP contribution in [0.1, 0.15) is 57.1 Å². The van der Waals surface area contributed by atoms with E-state index in [9.17, 15) is 0 Å². The summed E-state index contributed by atoms with van der Waals surface area (Å²) in [5, 5.41) is 10.5. The summed E-state index contributed by atoms with van der Waals surface area (Å²) in [6, 6.07) is 8.82. The van der Waals surface area contributed by atoms with E-state index in [-0.39, 0.29) is 0 Å². The topological polar surface area (TPSA) is 46.0 Å². The number of rotatable bonds is 6. The number of benzene rings is 1. The lowest BCUT2D eigenvalue weighted by atomic mass is 9.87. The summed E-state index contributed by atoms with van der Waals surface area (Å²) in [7, 11) is 2.06. The second-order valence-electron chi connectivity index (χ2n) is 9.58. The summed E-state index contributed by atoms with van der Waals surface area (Å²) < 4.78 is 2.04. The number of aryl methyl sites for hydroxylation is 1. The highest BCUT2D eigenvalue weighted by Crippen LogP contribution is 2.31. The van der Waals surface area contributed by atoms with E-state index in [1.54, 1.807) is 0 Å². The number of allylic oxidation sites excluding steroid dienone is 1. The van der Waals surface area contributed by atoms with Gasteiger partial charge in [0.15, 0.2) is 0 Å². The highest BCUT2D eigenvalue weighted by atomic mass is 15.3. The zero-order chi connectivity index (χ0) is 21.9. The van der Waals surface area contributed by atoms with E-state index >= 15 is 0 Å². The lowest BCUT2D eigenvalue weighted by molar-refractivity contribution is 0.216. The molecule has 5 heteroatoms. The summed E-state index contributed by atoms with van der Waals surface area (Å²) in [6.07, 6.45) is 14.4. The van der Waals surface area contributed by atoms with Gasteiger partial charge < -0.3 is 5.32 Å². The van der Waals surface area contributed by atoms with Crippen LogP contribution in [0.5, 0.6) is 0 Å². The monoisotopic (exact) mass is 429 g/mol. The third-order valence-corrected chi connectivity index (χ3v) is 7.30. The summed E-state index contributed by atoms with van der Waals surface area (Å²) in [5.41, 5.74) is 4.87. The molecule has 0 amide bonds. The van der Waals surface area contributed by atoms with Crippen LogP contribution in [-0.4, -0.2) is 32.8 Å². The van der Waals surface area contributed by atoms with Gasteiger partial charge in [0.1, 0.15) is 5.82 Å². The van der Waals surface area contributed by atoms with Crippen molar-refractivity contribution in [3.8, 4) is 11.1 Å². The van der Waals surface area contributed by atoms with Crippen LogP contribution in [0.25, 0.3) is 21.9 Å². The van der Waals surface area contributed by atoms with Crippen LogP contribution in [0.3, 0.4) is 0 Å². The van der Waals surface area contributed by atoms with E-state index in [0.717, 1.165) is 23.4 Å². The van der Waals surface area contributed by atoms with Crippen LogP contribution in [0.15, 0.2) is 48.9 Å². The number of likely N-dealkylation sites (tertiary alicyclic amines) is 1. The van der Waals surface area contributed by atoms with Crippen LogP contribution in [0, 0.1) is 5.92 Å². The van der Waals surface area contributed by atoms with Gasteiger partial charge in [-0.2, -0.15) is 5.10 Å². The first-order valence-electron chi connectivity index (χ1n) is 12.3. The van der Waals surface area contributed by atoms with Crippen molar-refractivity contribution in [3.63, 3.8) is 0 Å². The summed E-state index contributed by atoms with van der Waals surface area (Å²) in [5.74, 6) is 1.46. The van der Waals surface area contributed by atoms with Gasteiger partial charge in [0, 0.05) is 36.4 Å². The number of anilines is 1. The third kappa shape index (κ3) is 4.58. The van der Waals surface area contributed by atoms with E-state index in [0.29, 0.717) is 5.92 Å². The average Bonchev–Trinajstić information content (AvgIpc) is 3.19. The molecule has 1 aromatic carbocycles. The molecule has 1 saturated carbocycles. The summed E-state index contributed by atoms with van der Waals surface area (Å²) >= 11 is 0. The molecule has 1 aliphatic carbocycles. The third-order valence-electron chi connectivity index (χ3n) is 7.30.